The normalized spacial score (nSPS) is 21.5. The van der Waals surface area contributed by atoms with Crippen molar-refractivity contribution in [3.8, 4) is 0 Å². The first-order valence-electron chi connectivity index (χ1n) is 8.49. The standard InChI is InChI=1S/C17H34N2O.ClH/c1-13(2)7-5-8-15(4)19-17(20)11-14(3)16-9-6-10-18-12-16;/h13-16,18H,5-12H2,1-4H3,(H,19,20);1H. The zero-order valence-electron chi connectivity index (χ0n) is 14.3. The molecule has 0 aromatic rings. The van der Waals surface area contributed by atoms with Crippen molar-refractivity contribution in [3.05, 3.63) is 0 Å². The maximum atomic E-state index is 12.1. The van der Waals surface area contributed by atoms with Crippen LogP contribution in [0.25, 0.3) is 0 Å². The van der Waals surface area contributed by atoms with E-state index in [4.69, 9.17) is 0 Å². The Labute approximate surface area is 137 Å². The van der Waals surface area contributed by atoms with Gasteiger partial charge in [-0.3, -0.25) is 4.79 Å². The van der Waals surface area contributed by atoms with E-state index in [0.717, 1.165) is 25.4 Å². The Morgan fingerprint density at radius 1 is 1.24 bits per heavy atom. The predicted molar refractivity (Wildman–Crippen MR) is 92.9 cm³/mol. The predicted octanol–water partition coefficient (Wildman–Crippen LogP) is 3.77. The van der Waals surface area contributed by atoms with E-state index in [9.17, 15) is 4.79 Å². The number of carbonyl (C=O) groups is 1. The fourth-order valence-corrected chi connectivity index (χ4v) is 3.06. The molecule has 126 valence electrons. The van der Waals surface area contributed by atoms with Crippen LogP contribution in [0.2, 0.25) is 0 Å². The molecular weight excluding hydrogens is 284 g/mol. The summed E-state index contributed by atoms with van der Waals surface area (Å²) in [4.78, 5) is 12.1. The summed E-state index contributed by atoms with van der Waals surface area (Å²) in [6, 6.07) is 0.318. The molecular formula is C17H35ClN2O. The van der Waals surface area contributed by atoms with Crippen LogP contribution in [0.1, 0.15) is 66.2 Å². The summed E-state index contributed by atoms with van der Waals surface area (Å²) < 4.78 is 0. The van der Waals surface area contributed by atoms with Gasteiger partial charge in [0, 0.05) is 12.5 Å². The van der Waals surface area contributed by atoms with Gasteiger partial charge < -0.3 is 10.6 Å². The van der Waals surface area contributed by atoms with Crippen LogP contribution in [0, 0.1) is 17.8 Å². The fraction of sp³-hybridized carbons (Fsp3) is 0.941. The van der Waals surface area contributed by atoms with Crippen LogP contribution in [0.5, 0.6) is 0 Å². The third kappa shape index (κ3) is 9.36. The molecule has 4 heteroatoms. The highest BCUT2D eigenvalue weighted by molar-refractivity contribution is 5.85. The van der Waals surface area contributed by atoms with Gasteiger partial charge in [0.15, 0.2) is 0 Å². The molecule has 0 aromatic carbocycles. The van der Waals surface area contributed by atoms with Crippen LogP contribution in [-0.2, 0) is 4.79 Å². The van der Waals surface area contributed by atoms with Crippen LogP contribution >= 0.6 is 12.4 Å². The largest absolute Gasteiger partial charge is 0.354 e. The van der Waals surface area contributed by atoms with E-state index in [0.29, 0.717) is 24.3 Å². The zero-order chi connectivity index (χ0) is 15.0. The number of hydrogen-bond donors (Lipinski definition) is 2. The van der Waals surface area contributed by atoms with E-state index < -0.39 is 0 Å². The molecule has 21 heavy (non-hydrogen) atoms. The minimum Gasteiger partial charge on any atom is -0.354 e. The van der Waals surface area contributed by atoms with E-state index in [-0.39, 0.29) is 18.3 Å². The molecule has 0 saturated carbocycles. The maximum absolute atomic E-state index is 12.1. The number of nitrogens with one attached hydrogen (secondary N) is 2. The molecule has 0 aliphatic carbocycles. The lowest BCUT2D eigenvalue weighted by Crippen LogP contribution is -2.37. The third-order valence-corrected chi connectivity index (χ3v) is 4.47. The van der Waals surface area contributed by atoms with E-state index in [1.807, 2.05) is 0 Å². The van der Waals surface area contributed by atoms with Gasteiger partial charge in [0.25, 0.3) is 0 Å². The van der Waals surface area contributed by atoms with Crippen molar-refractivity contribution >= 4 is 18.3 Å². The second kappa shape index (κ2) is 11.3. The molecule has 0 spiro atoms. The summed E-state index contributed by atoms with van der Waals surface area (Å²) in [6.07, 6.45) is 6.77. The van der Waals surface area contributed by atoms with Crippen LogP contribution in [0.4, 0.5) is 0 Å². The number of rotatable bonds is 8. The number of carbonyl (C=O) groups excluding carboxylic acids is 1. The molecule has 3 unspecified atom stereocenters. The quantitative estimate of drug-likeness (QED) is 0.715. The summed E-state index contributed by atoms with van der Waals surface area (Å²) in [5.41, 5.74) is 0. The average Bonchev–Trinajstić information content (AvgIpc) is 2.38. The second-order valence-electron chi connectivity index (χ2n) is 7.08. The average molecular weight is 319 g/mol. The van der Waals surface area contributed by atoms with Gasteiger partial charge in [-0.2, -0.15) is 0 Å². The highest BCUT2D eigenvalue weighted by atomic mass is 35.5. The molecule has 3 atom stereocenters. The van der Waals surface area contributed by atoms with Gasteiger partial charge in [0.05, 0.1) is 0 Å². The Bertz CT molecular complexity index is 278. The van der Waals surface area contributed by atoms with Crippen molar-refractivity contribution < 1.29 is 4.79 Å². The second-order valence-corrected chi connectivity index (χ2v) is 7.08. The van der Waals surface area contributed by atoms with Crippen molar-refractivity contribution in [3.63, 3.8) is 0 Å². The lowest BCUT2D eigenvalue weighted by molar-refractivity contribution is -0.123. The van der Waals surface area contributed by atoms with Gasteiger partial charge in [-0.25, -0.2) is 0 Å². The van der Waals surface area contributed by atoms with E-state index in [1.54, 1.807) is 0 Å². The van der Waals surface area contributed by atoms with Crippen molar-refractivity contribution in [2.24, 2.45) is 17.8 Å². The number of piperidine rings is 1. The molecule has 1 fully saturated rings. The van der Waals surface area contributed by atoms with Crippen molar-refractivity contribution in [2.45, 2.75) is 72.3 Å². The smallest absolute Gasteiger partial charge is 0.220 e. The van der Waals surface area contributed by atoms with Gasteiger partial charge in [-0.1, -0.05) is 33.6 Å². The first-order valence-corrected chi connectivity index (χ1v) is 8.49. The summed E-state index contributed by atoms with van der Waals surface area (Å²) in [5, 5.41) is 6.60. The molecule has 0 bridgehead atoms. The minimum absolute atomic E-state index is 0. The summed E-state index contributed by atoms with van der Waals surface area (Å²) >= 11 is 0. The summed E-state index contributed by atoms with van der Waals surface area (Å²) in [5.74, 6) is 2.16. The molecule has 3 nitrogen and oxygen atoms in total. The molecule has 2 N–H and O–H groups in total. The number of amides is 1. The Morgan fingerprint density at radius 2 is 1.95 bits per heavy atom. The van der Waals surface area contributed by atoms with E-state index in [1.165, 1.54) is 25.7 Å². The lowest BCUT2D eigenvalue weighted by Gasteiger charge is -2.28. The van der Waals surface area contributed by atoms with Crippen LogP contribution < -0.4 is 10.6 Å². The fourth-order valence-electron chi connectivity index (χ4n) is 3.06. The van der Waals surface area contributed by atoms with Gasteiger partial charge in [-0.05, 0) is 57.0 Å². The maximum Gasteiger partial charge on any atom is 0.220 e. The molecule has 1 aliphatic rings. The molecule has 1 saturated heterocycles. The monoisotopic (exact) mass is 318 g/mol. The Kier molecular flexibility index (Phi) is 11.2. The lowest BCUT2D eigenvalue weighted by atomic mass is 9.85. The minimum atomic E-state index is 0. The van der Waals surface area contributed by atoms with E-state index >= 15 is 0 Å². The first-order chi connectivity index (χ1) is 9.49. The van der Waals surface area contributed by atoms with E-state index in [2.05, 4.69) is 38.3 Å². The van der Waals surface area contributed by atoms with Gasteiger partial charge in [-0.15, -0.1) is 12.4 Å². The van der Waals surface area contributed by atoms with Gasteiger partial charge in [0.1, 0.15) is 0 Å². The first kappa shape index (κ1) is 20.7. The summed E-state index contributed by atoms with van der Waals surface area (Å²) in [6.45, 7) is 11.1. The molecule has 0 aromatic heterocycles. The topological polar surface area (TPSA) is 41.1 Å². The molecule has 0 radical (unpaired) electrons. The molecule has 1 rings (SSSR count). The van der Waals surface area contributed by atoms with Crippen molar-refractivity contribution in [1.29, 1.82) is 0 Å². The van der Waals surface area contributed by atoms with Gasteiger partial charge in [0.2, 0.25) is 5.91 Å². The van der Waals surface area contributed by atoms with Crippen molar-refractivity contribution in [1.82, 2.24) is 10.6 Å². The Balaban J connectivity index is 0.00000400. The number of halogens is 1. The third-order valence-electron chi connectivity index (χ3n) is 4.47. The summed E-state index contributed by atoms with van der Waals surface area (Å²) in [7, 11) is 0. The zero-order valence-corrected chi connectivity index (χ0v) is 15.1. The van der Waals surface area contributed by atoms with Crippen LogP contribution in [0.3, 0.4) is 0 Å². The van der Waals surface area contributed by atoms with Gasteiger partial charge >= 0.3 is 0 Å². The van der Waals surface area contributed by atoms with Crippen LogP contribution in [0.15, 0.2) is 0 Å². The van der Waals surface area contributed by atoms with Crippen molar-refractivity contribution in [2.75, 3.05) is 13.1 Å². The Morgan fingerprint density at radius 3 is 2.52 bits per heavy atom. The Hall–Kier alpha value is -0.280. The number of hydrogen-bond acceptors (Lipinski definition) is 2. The molecule has 1 heterocycles. The SMILES string of the molecule is CC(C)CCCC(C)NC(=O)CC(C)C1CCCNC1.Cl. The molecule has 1 aliphatic heterocycles. The highest BCUT2D eigenvalue weighted by Gasteiger charge is 2.22. The molecule has 1 amide bonds. The van der Waals surface area contributed by atoms with Crippen LogP contribution in [-0.4, -0.2) is 25.0 Å². The highest BCUT2D eigenvalue weighted by Crippen LogP contribution is 2.22.